The highest BCUT2D eigenvalue weighted by atomic mass is 35.5. The number of pyridine rings is 1. The summed E-state index contributed by atoms with van der Waals surface area (Å²) in [6.45, 7) is 4.67. The second-order valence-electron chi connectivity index (χ2n) is 6.74. The standard InChI is InChI=1S/C20H16ClF3N4O/c1-10-4-7-16-19(26-10)28-17(11(2)27-16)9-25-18(28)14-8-13(5-6-15(14)21)29-12(3)20(22,23)24/h4-9,12H,1-3H3. The largest absolute Gasteiger partial charge is 0.481 e. The summed E-state index contributed by atoms with van der Waals surface area (Å²) >= 11 is 6.37. The monoisotopic (exact) mass is 420 g/mol. The number of imidazole rings is 1. The van der Waals surface area contributed by atoms with Crippen LogP contribution in [0.2, 0.25) is 5.02 Å². The lowest BCUT2D eigenvalue weighted by Crippen LogP contribution is -2.31. The Kier molecular flexibility index (Phi) is 4.61. The minimum Gasteiger partial charge on any atom is -0.481 e. The molecule has 0 aliphatic heterocycles. The Balaban J connectivity index is 1.92. The average molecular weight is 421 g/mol. The molecule has 0 aliphatic rings. The molecule has 150 valence electrons. The molecule has 0 spiro atoms. The quantitative estimate of drug-likeness (QED) is 0.436. The maximum atomic E-state index is 12.9. The zero-order valence-electron chi connectivity index (χ0n) is 15.8. The number of nitrogens with zero attached hydrogens (tertiary/aromatic N) is 4. The van der Waals surface area contributed by atoms with Crippen molar-refractivity contribution in [2.75, 3.05) is 0 Å². The second-order valence-corrected chi connectivity index (χ2v) is 7.15. The van der Waals surface area contributed by atoms with Gasteiger partial charge in [-0.15, -0.1) is 0 Å². The highest BCUT2D eigenvalue weighted by molar-refractivity contribution is 6.33. The molecule has 1 unspecified atom stereocenters. The van der Waals surface area contributed by atoms with Gasteiger partial charge in [-0.1, -0.05) is 11.6 Å². The Bertz CT molecular complexity index is 1240. The van der Waals surface area contributed by atoms with Crippen molar-refractivity contribution in [2.24, 2.45) is 0 Å². The molecular weight excluding hydrogens is 405 g/mol. The summed E-state index contributed by atoms with van der Waals surface area (Å²) in [6, 6.07) is 8.07. The molecule has 3 heterocycles. The van der Waals surface area contributed by atoms with Crippen LogP contribution in [0.15, 0.2) is 36.5 Å². The molecule has 1 aromatic carbocycles. The van der Waals surface area contributed by atoms with E-state index in [0.29, 0.717) is 27.6 Å². The molecule has 0 amide bonds. The second kappa shape index (κ2) is 6.88. The number of halogens is 4. The minimum absolute atomic E-state index is 0.0465. The first-order chi connectivity index (χ1) is 13.6. The summed E-state index contributed by atoms with van der Waals surface area (Å²) < 4.78 is 45.5. The van der Waals surface area contributed by atoms with E-state index in [4.69, 9.17) is 16.3 Å². The van der Waals surface area contributed by atoms with Crippen LogP contribution in [0, 0.1) is 13.8 Å². The number of rotatable bonds is 3. The summed E-state index contributed by atoms with van der Waals surface area (Å²) in [6.07, 6.45) is -4.78. The van der Waals surface area contributed by atoms with Crippen molar-refractivity contribution in [3.8, 4) is 17.1 Å². The third kappa shape index (κ3) is 3.48. The van der Waals surface area contributed by atoms with Gasteiger partial charge in [-0.25, -0.2) is 15.0 Å². The number of benzene rings is 1. The maximum Gasteiger partial charge on any atom is 0.425 e. The molecule has 1 atom stereocenters. The molecule has 0 saturated carbocycles. The SMILES string of the molecule is Cc1ccc2nc(C)c3cnc(-c4cc(OC(C)C(F)(F)F)ccc4Cl)n3c2n1. The van der Waals surface area contributed by atoms with Crippen molar-refractivity contribution in [3.05, 3.63) is 52.9 Å². The molecular formula is C20H16ClF3N4O. The van der Waals surface area contributed by atoms with Crippen LogP contribution >= 0.6 is 11.6 Å². The Labute approximate surface area is 169 Å². The molecule has 0 N–H and O–H groups in total. The first-order valence-corrected chi connectivity index (χ1v) is 9.17. The Hall–Kier alpha value is -2.87. The van der Waals surface area contributed by atoms with Gasteiger partial charge in [-0.2, -0.15) is 13.2 Å². The predicted molar refractivity (Wildman–Crippen MR) is 104 cm³/mol. The predicted octanol–water partition coefficient (Wildman–Crippen LogP) is 5.54. The smallest absolute Gasteiger partial charge is 0.425 e. The van der Waals surface area contributed by atoms with Crippen LogP contribution in [-0.4, -0.2) is 31.6 Å². The van der Waals surface area contributed by atoms with Gasteiger partial charge < -0.3 is 4.74 Å². The van der Waals surface area contributed by atoms with Crippen LogP contribution in [-0.2, 0) is 0 Å². The van der Waals surface area contributed by atoms with Crippen LogP contribution in [0.3, 0.4) is 0 Å². The van der Waals surface area contributed by atoms with Gasteiger partial charge in [-0.05, 0) is 51.1 Å². The minimum atomic E-state index is -4.47. The van der Waals surface area contributed by atoms with Gasteiger partial charge in [0.1, 0.15) is 17.1 Å². The van der Waals surface area contributed by atoms with E-state index in [9.17, 15) is 13.2 Å². The molecule has 0 bridgehead atoms. The van der Waals surface area contributed by atoms with Crippen LogP contribution in [0.1, 0.15) is 18.3 Å². The molecule has 3 aromatic heterocycles. The summed E-state index contributed by atoms with van der Waals surface area (Å²) in [5.74, 6) is 0.494. The van der Waals surface area contributed by atoms with Crippen LogP contribution < -0.4 is 4.74 Å². The molecule has 0 radical (unpaired) electrons. The molecule has 0 fully saturated rings. The first-order valence-electron chi connectivity index (χ1n) is 8.80. The number of hydrogen-bond donors (Lipinski definition) is 0. The van der Waals surface area contributed by atoms with Gasteiger partial charge in [0.15, 0.2) is 11.8 Å². The average Bonchev–Trinajstić information content (AvgIpc) is 3.09. The lowest BCUT2D eigenvalue weighted by atomic mass is 10.2. The van der Waals surface area contributed by atoms with Crippen molar-refractivity contribution < 1.29 is 17.9 Å². The van der Waals surface area contributed by atoms with Gasteiger partial charge in [0.25, 0.3) is 0 Å². The number of alkyl halides is 3. The van der Waals surface area contributed by atoms with E-state index >= 15 is 0 Å². The van der Waals surface area contributed by atoms with Crippen molar-refractivity contribution in [1.29, 1.82) is 0 Å². The number of aromatic nitrogens is 4. The number of aryl methyl sites for hydroxylation is 2. The topological polar surface area (TPSA) is 52.3 Å². The third-order valence-corrected chi connectivity index (χ3v) is 4.91. The van der Waals surface area contributed by atoms with E-state index in [-0.39, 0.29) is 5.75 Å². The number of ether oxygens (including phenoxy) is 1. The Morgan fingerprint density at radius 1 is 1.10 bits per heavy atom. The number of hydrogen-bond acceptors (Lipinski definition) is 4. The first kappa shape index (κ1) is 19.4. The van der Waals surface area contributed by atoms with E-state index in [1.165, 1.54) is 18.2 Å². The molecule has 4 rings (SSSR count). The van der Waals surface area contributed by atoms with Gasteiger partial charge in [0, 0.05) is 11.3 Å². The molecule has 4 aromatic rings. The number of fused-ring (bicyclic) bond motifs is 3. The summed E-state index contributed by atoms with van der Waals surface area (Å²) in [7, 11) is 0. The van der Waals surface area contributed by atoms with Gasteiger partial charge in [-0.3, -0.25) is 4.40 Å². The molecule has 29 heavy (non-hydrogen) atoms. The van der Waals surface area contributed by atoms with E-state index < -0.39 is 12.3 Å². The fourth-order valence-electron chi connectivity index (χ4n) is 3.06. The molecule has 9 heteroatoms. The fraction of sp³-hybridized carbons (Fsp3) is 0.250. The van der Waals surface area contributed by atoms with E-state index in [1.54, 1.807) is 6.20 Å². The zero-order valence-corrected chi connectivity index (χ0v) is 16.5. The summed E-state index contributed by atoms with van der Waals surface area (Å²) in [4.78, 5) is 13.6. The fourth-order valence-corrected chi connectivity index (χ4v) is 3.26. The zero-order chi connectivity index (χ0) is 20.9. The van der Waals surface area contributed by atoms with E-state index in [2.05, 4.69) is 15.0 Å². The molecule has 0 aliphatic carbocycles. The summed E-state index contributed by atoms with van der Waals surface area (Å²) in [5, 5.41) is 0.333. The van der Waals surface area contributed by atoms with Crippen molar-refractivity contribution in [1.82, 2.24) is 19.4 Å². The molecule has 5 nitrogen and oxygen atoms in total. The van der Waals surface area contributed by atoms with Gasteiger partial charge >= 0.3 is 6.18 Å². The van der Waals surface area contributed by atoms with Crippen LogP contribution in [0.5, 0.6) is 5.75 Å². The maximum absolute atomic E-state index is 12.9. The third-order valence-electron chi connectivity index (χ3n) is 4.58. The Morgan fingerprint density at radius 3 is 2.59 bits per heavy atom. The van der Waals surface area contributed by atoms with Crippen LogP contribution in [0.4, 0.5) is 13.2 Å². The summed E-state index contributed by atoms with van der Waals surface area (Å²) in [5.41, 5.74) is 3.98. The van der Waals surface area contributed by atoms with Crippen molar-refractivity contribution in [3.63, 3.8) is 0 Å². The highest BCUT2D eigenvalue weighted by Crippen LogP contribution is 2.34. The molecule has 0 saturated heterocycles. The lowest BCUT2D eigenvalue weighted by Gasteiger charge is -2.18. The normalized spacial score (nSPS) is 13.2. The van der Waals surface area contributed by atoms with E-state index in [1.807, 2.05) is 30.4 Å². The highest BCUT2D eigenvalue weighted by Gasteiger charge is 2.38. The Morgan fingerprint density at radius 2 is 1.86 bits per heavy atom. The van der Waals surface area contributed by atoms with E-state index in [0.717, 1.165) is 23.8 Å². The van der Waals surface area contributed by atoms with Gasteiger partial charge in [0.05, 0.1) is 22.4 Å². The van der Waals surface area contributed by atoms with Crippen molar-refractivity contribution in [2.45, 2.75) is 33.1 Å². The van der Waals surface area contributed by atoms with Gasteiger partial charge in [0.2, 0.25) is 0 Å². The van der Waals surface area contributed by atoms with Crippen molar-refractivity contribution >= 4 is 28.3 Å². The van der Waals surface area contributed by atoms with Crippen LogP contribution in [0.25, 0.3) is 28.1 Å². The lowest BCUT2D eigenvalue weighted by molar-refractivity contribution is -0.189.